The lowest BCUT2D eigenvalue weighted by atomic mass is 9.97. The van der Waals surface area contributed by atoms with E-state index in [1.807, 2.05) is 25.4 Å². The molecular weight excluding hydrogens is 394 g/mol. The molecule has 4 aromatic rings. The van der Waals surface area contributed by atoms with Crippen molar-refractivity contribution < 1.29 is 9.21 Å². The van der Waals surface area contributed by atoms with Crippen molar-refractivity contribution in [3.63, 3.8) is 0 Å². The number of nitrogens with two attached hydrogens (primary N) is 1. The third kappa shape index (κ3) is 3.63. The molecule has 3 aromatic heterocycles. The van der Waals surface area contributed by atoms with Crippen molar-refractivity contribution in [2.75, 3.05) is 18.0 Å². The molecule has 0 bridgehead atoms. The van der Waals surface area contributed by atoms with Gasteiger partial charge in [-0.15, -0.1) is 0 Å². The molecule has 1 aromatic carbocycles. The van der Waals surface area contributed by atoms with Gasteiger partial charge in [0.2, 0.25) is 0 Å². The van der Waals surface area contributed by atoms with Crippen LogP contribution in [-0.4, -0.2) is 43.7 Å². The summed E-state index contributed by atoms with van der Waals surface area (Å²) in [6.07, 6.45) is 6.77. The summed E-state index contributed by atoms with van der Waals surface area (Å²) in [5.74, 6) is -0.436. The number of hydrogen-bond acceptors (Lipinski definition) is 7. The molecular formula is C22H23N7O2. The average molecular weight is 417 g/mol. The fourth-order valence-electron chi connectivity index (χ4n) is 3.84. The van der Waals surface area contributed by atoms with E-state index < -0.39 is 5.91 Å². The highest BCUT2D eigenvalue weighted by atomic mass is 16.4. The van der Waals surface area contributed by atoms with E-state index in [-0.39, 0.29) is 11.6 Å². The zero-order chi connectivity index (χ0) is 21.5. The highest BCUT2D eigenvalue weighted by molar-refractivity contribution is 5.92. The first kappa shape index (κ1) is 19.2. The van der Waals surface area contributed by atoms with Crippen LogP contribution in [0, 0.1) is 0 Å². The minimum Gasteiger partial charge on any atom is -0.423 e. The molecule has 5 rings (SSSR count). The van der Waals surface area contributed by atoms with E-state index in [1.165, 1.54) is 5.56 Å². The van der Waals surface area contributed by atoms with Gasteiger partial charge in [0.15, 0.2) is 5.58 Å². The van der Waals surface area contributed by atoms with Crippen molar-refractivity contribution in [1.29, 1.82) is 0 Å². The summed E-state index contributed by atoms with van der Waals surface area (Å²) in [5, 5.41) is 4.15. The summed E-state index contributed by atoms with van der Waals surface area (Å²) in [6.45, 7) is 3.51. The minimum absolute atomic E-state index is 0.138. The van der Waals surface area contributed by atoms with Crippen molar-refractivity contribution in [3.05, 3.63) is 65.0 Å². The number of primary amides is 1. The number of amides is 1. The Bertz CT molecular complexity index is 1270. The first-order valence-corrected chi connectivity index (χ1v) is 10.3. The Balaban J connectivity index is 1.32. The number of carbonyl (C=O) groups excluding carboxylic acids is 1. The van der Waals surface area contributed by atoms with Crippen LogP contribution < -0.4 is 10.6 Å². The monoisotopic (exact) mass is 417 g/mol. The molecule has 0 saturated carbocycles. The van der Waals surface area contributed by atoms with Gasteiger partial charge in [0.25, 0.3) is 11.9 Å². The predicted molar refractivity (Wildman–Crippen MR) is 115 cm³/mol. The van der Waals surface area contributed by atoms with Crippen molar-refractivity contribution in [1.82, 2.24) is 24.7 Å². The van der Waals surface area contributed by atoms with E-state index in [0.717, 1.165) is 28.8 Å². The molecule has 9 heteroatoms. The standard InChI is InChI=1S/C22H23N7O2/c1-3-13-4-5-16-19(7-13)31-22(27-16)29-11-15(12-29)18-9-24-17(20(26-18)21(23)30)6-14-8-25-28(2)10-14/h4-5,7-10,15H,3,6,11-12H2,1-2H3,(H2,23,30). The fraction of sp³-hybridized carbons (Fsp3) is 0.318. The maximum absolute atomic E-state index is 12.0. The Morgan fingerprint density at radius 3 is 2.77 bits per heavy atom. The zero-order valence-electron chi connectivity index (χ0n) is 17.4. The van der Waals surface area contributed by atoms with Crippen molar-refractivity contribution >= 4 is 23.0 Å². The fourth-order valence-corrected chi connectivity index (χ4v) is 3.84. The van der Waals surface area contributed by atoms with Crippen LogP contribution in [0.1, 0.15) is 45.8 Å². The van der Waals surface area contributed by atoms with E-state index in [0.29, 0.717) is 31.2 Å². The number of aryl methyl sites for hydroxylation is 2. The molecule has 0 aliphatic carbocycles. The summed E-state index contributed by atoms with van der Waals surface area (Å²) in [5.41, 5.74) is 10.9. The van der Waals surface area contributed by atoms with Crippen molar-refractivity contribution in [2.24, 2.45) is 12.8 Å². The van der Waals surface area contributed by atoms with Gasteiger partial charge in [-0.3, -0.25) is 14.5 Å². The molecule has 31 heavy (non-hydrogen) atoms. The van der Waals surface area contributed by atoms with E-state index in [4.69, 9.17) is 10.2 Å². The molecule has 1 fully saturated rings. The molecule has 1 amide bonds. The number of fused-ring (bicyclic) bond motifs is 1. The van der Waals surface area contributed by atoms with Crippen LogP contribution >= 0.6 is 0 Å². The lowest BCUT2D eigenvalue weighted by Crippen LogP contribution is -2.45. The molecule has 0 radical (unpaired) electrons. The van der Waals surface area contributed by atoms with Gasteiger partial charge in [-0.05, 0) is 29.7 Å². The van der Waals surface area contributed by atoms with Gasteiger partial charge >= 0.3 is 0 Å². The average Bonchev–Trinajstić information content (AvgIpc) is 3.32. The topological polar surface area (TPSA) is 116 Å². The van der Waals surface area contributed by atoms with Gasteiger partial charge in [0, 0.05) is 44.9 Å². The highest BCUT2D eigenvalue weighted by Gasteiger charge is 2.33. The van der Waals surface area contributed by atoms with Gasteiger partial charge in [0.1, 0.15) is 11.2 Å². The summed E-state index contributed by atoms with van der Waals surface area (Å²) in [4.78, 5) is 27.7. The van der Waals surface area contributed by atoms with Crippen LogP contribution in [0.5, 0.6) is 0 Å². The van der Waals surface area contributed by atoms with Crippen LogP contribution in [0.15, 0.2) is 41.2 Å². The first-order chi connectivity index (χ1) is 15.0. The van der Waals surface area contributed by atoms with Gasteiger partial charge in [-0.25, -0.2) is 4.98 Å². The number of rotatable bonds is 6. The minimum atomic E-state index is -0.574. The Hall–Kier alpha value is -3.75. The molecule has 0 spiro atoms. The normalized spacial score (nSPS) is 14.2. The quantitative estimate of drug-likeness (QED) is 0.511. The molecule has 2 N–H and O–H groups in total. The largest absolute Gasteiger partial charge is 0.423 e. The predicted octanol–water partition coefficient (Wildman–Crippen LogP) is 2.21. The molecule has 1 saturated heterocycles. The molecule has 9 nitrogen and oxygen atoms in total. The van der Waals surface area contributed by atoms with Crippen LogP contribution in [0.3, 0.4) is 0 Å². The van der Waals surface area contributed by atoms with Gasteiger partial charge in [0.05, 0.1) is 17.6 Å². The maximum Gasteiger partial charge on any atom is 0.298 e. The van der Waals surface area contributed by atoms with Gasteiger partial charge in [-0.2, -0.15) is 10.1 Å². The second-order valence-corrected chi connectivity index (χ2v) is 7.91. The Morgan fingerprint density at radius 2 is 2.06 bits per heavy atom. The van der Waals surface area contributed by atoms with Crippen molar-refractivity contribution in [3.8, 4) is 0 Å². The Kier molecular flexibility index (Phi) is 4.65. The number of anilines is 1. The van der Waals surface area contributed by atoms with E-state index >= 15 is 0 Å². The van der Waals surface area contributed by atoms with Crippen LogP contribution in [-0.2, 0) is 19.9 Å². The lowest BCUT2D eigenvalue weighted by Gasteiger charge is -2.37. The lowest BCUT2D eigenvalue weighted by molar-refractivity contribution is 0.0993. The van der Waals surface area contributed by atoms with E-state index in [1.54, 1.807) is 17.1 Å². The van der Waals surface area contributed by atoms with Gasteiger partial charge in [-0.1, -0.05) is 13.0 Å². The second-order valence-electron chi connectivity index (χ2n) is 7.91. The third-order valence-corrected chi connectivity index (χ3v) is 5.65. The Morgan fingerprint density at radius 1 is 1.23 bits per heavy atom. The SMILES string of the molecule is CCc1ccc2nc(N3CC(c4cnc(Cc5cnn(C)c5)c(C(N)=O)n4)C3)oc2c1. The van der Waals surface area contributed by atoms with E-state index in [2.05, 4.69) is 37.9 Å². The van der Waals surface area contributed by atoms with E-state index in [9.17, 15) is 4.79 Å². The van der Waals surface area contributed by atoms with Crippen LogP contribution in [0.25, 0.3) is 11.1 Å². The zero-order valence-corrected chi connectivity index (χ0v) is 17.4. The molecule has 0 unspecified atom stereocenters. The number of benzene rings is 1. The number of hydrogen-bond donors (Lipinski definition) is 1. The first-order valence-electron chi connectivity index (χ1n) is 10.3. The van der Waals surface area contributed by atoms with Gasteiger partial charge < -0.3 is 15.1 Å². The summed E-state index contributed by atoms with van der Waals surface area (Å²) in [7, 11) is 1.84. The third-order valence-electron chi connectivity index (χ3n) is 5.65. The summed E-state index contributed by atoms with van der Waals surface area (Å²) >= 11 is 0. The number of carbonyl (C=O) groups is 1. The maximum atomic E-state index is 12.0. The number of nitrogens with zero attached hydrogens (tertiary/aromatic N) is 6. The second kappa shape index (κ2) is 7.50. The summed E-state index contributed by atoms with van der Waals surface area (Å²) < 4.78 is 7.65. The number of oxazole rings is 1. The van der Waals surface area contributed by atoms with Crippen LogP contribution in [0.2, 0.25) is 0 Å². The molecule has 158 valence electrons. The van der Waals surface area contributed by atoms with Crippen LogP contribution in [0.4, 0.5) is 6.01 Å². The van der Waals surface area contributed by atoms with Crippen molar-refractivity contribution in [2.45, 2.75) is 25.7 Å². The molecule has 1 aliphatic rings. The summed E-state index contributed by atoms with van der Waals surface area (Å²) in [6, 6.07) is 6.70. The molecule has 0 atom stereocenters. The Labute approximate surface area is 178 Å². The molecule has 4 heterocycles. The highest BCUT2D eigenvalue weighted by Crippen LogP contribution is 2.32. The number of aromatic nitrogens is 5. The molecule has 1 aliphatic heterocycles. The smallest absolute Gasteiger partial charge is 0.298 e.